The maximum absolute atomic E-state index is 12.0. The van der Waals surface area contributed by atoms with Gasteiger partial charge in [-0.2, -0.15) is 0 Å². The van der Waals surface area contributed by atoms with Crippen molar-refractivity contribution >= 4 is 18.0 Å². The molecule has 0 radical (unpaired) electrons. The van der Waals surface area contributed by atoms with Crippen LogP contribution < -0.4 is 0 Å². The summed E-state index contributed by atoms with van der Waals surface area (Å²) in [7, 11) is 3.02. The van der Waals surface area contributed by atoms with E-state index in [4.69, 9.17) is 0 Å². The molecule has 4 heteroatoms. The standard InChI is InChI=1S/C17H23NO3/c1-5-14-6-8-15(9-7-14)10-11-16(19)18(3)12-13(2)17(20)21-4/h6-11,13H,5,12H2,1-4H3. The monoisotopic (exact) mass is 289 g/mol. The van der Waals surface area contributed by atoms with E-state index in [1.807, 2.05) is 24.3 Å². The van der Waals surface area contributed by atoms with E-state index in [0.29, 0.717) is 6.54 Å². The van der Waals surface area contributed by atoms with Crippen LogP contribution in [0.4, 0.5) is 0 Å². The molecule has 1 unspecified atom stereocenters. The van der Waals surface area contributed by atoms with E-state index in [1.165, 1.54) is 23.6 Å². The normalized spacial score (nSPS) is 12.2. The number of hydrogen-bond donors (Lipinski definition) is 0. The fourth-order valence-corrected chi connectivity index (χ4v) is 1.94. The Labute approximate surface area is 126 Å². The Kier molecular flexibility index (Phi) is 6.66. The highest BCUT2D eigenvalue weighted by Gasteiger charge is 2.17. The molecule has 1 aromatic carbocycles. The molecule has 0 saturated carbocycles. The quantitative estimate of drug-likeness (QED) is 0.597. The highest BCUT2D eigenvalue weighted by Crippen LogP contribution is 2.07. The average Bonchev–Trinajstić information content (AvgIpc) is 2.51. The molecule has 1 amide bonds. The maximum atomic E-state index is 12.0. The molecule has 114 valence electrons. The van der Waals surface area contributed by atoms with Crippen molar-refractivity contribution in [1.29, 1.82) is 0 Å². The van der Waals surface area contributed by atoms with Crippen molar-refractivity contribution in [3.05, 3.63) is 41.5 Å². The Morgan fingerprint density at radius 1 is 1.29 bits per heavy atom. The third-order valence-electron chi connectivity index (χ3n) is 3.33. The van der Waals surface area contributed by atoms with Gasteiger partial charge in [0, 0.05) is 19.7 Å². The van der Waals surface area contributed by atoms with Crippen molar-refractivity contribution in [1.82, 2.24) is 4.90 Å². The molecule has 0 N–H and O–H groups in total. The predicted octanol–water partition coefficient (Wildman–Crippen LogP) is 2.53. The molecule has 21 heavy (non-hydrogen) atoms. The average molecular weight is 289 g/mol. The number of hydrogen-bond acceptors (Lipinski definition) is 3. The summed E-state index contributed by atoms with van der Waals surface area (Å²) in [5.74, 6) is -0.778. The Bertz CT molecular complexity index is 505. The molecule has 0 aliphatic carbocycles. The molecule has 0 aliphatic heterocycles. The largest absolute Gasteiger partial charge is 0.469 e. The van der Waals surface area contributed by atoms with Gasteiger partial charge in [0.2, 0.25) is 5.91 Å². The Balaban J connectivity index is 2.58. The van der Waals surface area contributed by atoms with Gasteiger partial charge in [-0.1, -0.05) is 38.1 Å². The van der Waals surface area contributed by atoms with E-state index < -0.39 is 0 Å². The lowest BCUT2D eigenvalue weighted by atomic mass is 10.1. The van der Waals surface area contributed by atoms with E-state index >= 15 is 0 Å². The van der Waals surface area contributed by atoms with Crippen molar-refractivity contribution in [2.24, 2.45) is 5.92 Å². The maximum Gasteiger partial charge on any atom is 0.310 e. The molecular formula is C17H23NO3. The Hall–Kier alpha value is -2.10. The molecule has 0 heterocycles. The molecule has 1 atom stereocenters. The number of methoxy groups -OCH3 is 1. The summed E-state index contributed by atoms with van der Waals surface area (Å²) in [5.41, 5.74) is 2.25. The number of rotatable bonds is 6. The summed E-state index contributed by atoms with van der Waals surface area (Å²) >= 11 is 0. The molecule has 1 rings (SSSR count). The van der Waals surface area contributed by atoms with Crippen LogP contribution in [0.3, 0.4) is 0 Å². The van der Waals surface area contributed by atoms with E-state index in [0.717, 1.165) is 12.0 Å². The second-order valence-electron chi connectivity index (χ2n) is 5.07. The summed E-state index contributed by atoms with van der Waals surface area (Å²) < 4.78 is 4.65. The predicted molar refractivity (Wildman–Crippen MR) is 83.7 cm³/mol. The first kappa shape index (κ1) is 17.0. The lowest BCUT2D eigenvalue weighted by molar-refractivity contribution is -0.145. The van der Waals surface area contributed by atoms with Gasteiger partial charge in [0.05, 0.1) is 13.0 Å². The highest BCUT2D eigenvalue weighted by molar-refractivity contribution is 5.91. The summed E-state index contributed by atoms with van der Waals surface area (Å²) in [5, 5.41) is 0. The number of benzene rings is 1. The number of carbonyl (C=O) groups is 2. The van der Waals surface area contributed by atoms with Gasteiger partial charge >= 0.3 is 5.97 Å². The molecule has 0 saturated heterocycles. The molecule has 0 aliphatic rings. The highest BCUT2D eigenvalue weighted by atomic mass is 16.5. The number of esters is 1. The number of nitrogens with zero attached hydrogens (tertiary/aromatic N) is 1. The van der Waals surface area contributed by atoms with Crippen LogP contribution in [0.1, 0.15) is 25.0 Å². The third kappa shape index (κ3) is 5.42. The lowest BCUT2D eigenvalue weighted by Gasteiger charge is -2.18. The minimum Gasteiger partial charge on any atom is -0.469 e. The van der Waals surface area contributed by atoms with E-state index in [2.05, 4.69) is 11.7 Å². The van der Waals surface area contributed by atoms with Gasteiger partial charge in [0.1, 0.15) is 0 Å². The third-order valence-corrected chi connectivity index (χ3v) is 3.33. The number of aryl methyl sites for hydroxylation is 1. The molecule has 0 bridgehead atoms. The number of amides is 1. The first-order valence-corrected chi connectivity index (χ1v) is 7.07. The van der Waals surface area contributed by atoms with Crippen LogP contribution >= 0.6 is 0 Å². The molecule has 1 aromatic rings. The second kappa shape index (κ2) is 8.25. The molecule has 0 aromatic heterocycles. The van der Waals surface area contributed by atoms with Gasteiger partial charge in [0.15, 0.2) is 0 Å². The number of ether oxygens (including phenoxy) is 1. The fourth-order valence-electron chi connectivity index (χ4n) is 1.94. The van der Waals surface area contributed by atoms with Crippen molar-refractivity contribution < 1.29 is 14.3 Å². The van der Waals surface area contributed by atoms with Gasteiger partial charge in [-0.15, -0.1) is 0 Å². The van der Waals surface area contributed by atoms with Crippen molar-refractivity contribution in [3.63, 3.8) is 0 Å². The Morgan fingerprint density at radius 3 is 2.43 bits per heavy atom. The van der Waals surface area contributed by atoms with Crippen LogP contribution in [-0.2, 0) is 20.7 Å². The van der Waals surface area contributed by atoms with Crippen molar-refractivity contribution in [3.8, 4) is 0 Å². The van der Waals surface area contributed by atoms with Crippen molar-refractivity contribution in [2.45, 2.75) is 20.3 Å². The minimum absolute atomic E-state index is 0.134. The van der Waals surface area contributed by atoms with E-state index in [9.17, 15) is 9.59 Å². The number of likely N-dealkylation sites (N-methyl/N-ethyl adjacent to an activating group) is 1. The summed E-state index contributed by atoms with van der Waals surface area (Å²) in [4.78, 5) is 24.8. The first-order valence-electron chi connectivity index (χ1n) is 7.07. The van der Waals surface area contributed by atoms with E-state index in [-0.39, 0.29) is 17.8 Å². The Morgan fingerprint density at radius 2 is 1.90 bits per heavy atom. The zero-order valence-corrected chi connectivity index (χ0v) is 13.1. The molecule has 4 nitrogen and oxygen atoms in total. The van der Waals surface area contributed by atoms with E-state index in [1.54, 1.807) is 20.0 Å². The molecular weight excluding hydrogens is 266 g/mol. The van der Waals surface area contributed by atoms with Gasteiger partial charge in [0.25, 0.3) is 0 Å². The SMILES string of the molecule is CCc1ccc(C=CC(=O)N(C)CC(C)C(=O)OC)cc1. The summed E-state index contributed by atoms with van der Waals surface area (Å²) in [6.07, 6.45) is 4.29. The van der Waals surface area contributed by atoms with Crippen LogP contribution in [0.15, 0.2) is 30.3 Å². The van der Waals surface area contributed by atoms with Crippen LogP contribution in [0.5, 0.6) is 0 Å². The summed E-state index contributed by atoms with van der Waals surface area (Å²) in [6, 6.07) is 8.07. The number of carbonyl (C=O) groups excluding carboxylic acids is 2. The second-order valence-corrected chi connectivity index (χ2v) is 5.07. The zero-order valence-electron chi connectivity index (χ0n) is 13.1. The van der Waals surface area contributed by atoms with Crippen LogP contribution in [0.2, 0.25) is 0 Å². The molecule has 0 spiro atoms. The van der Waals surface area contributed by atoms with Gasteiger partial charge in [-0.05, 0) is 23.6 Å². The fraction of sp³-hybridized carbons (Fsp3) is 0.412. The van der Waals surface area contributed by atoms with Crippen LogP contribution in [0, 0.1) is 5.92 Å². The minimum atomic E-state index is -0.332. The van der Waals surface area contributed by atoms with Gasteiger partial charge in [-0.25, -0.2) is 0 Å². The first-order chi connectivity index (χ1) is 9.97. The summed E-state index contributed by atoms with van der Waals surface area (Å²) in [6.45, 7) is 4.18. The van der Waals surface area contributed by atoms with Gasteiger partial charge in [-0.3, -0.25) is 9.59 Å². The molecule has 0 fully saturated rings. The van der Waals surface area contributed by atoms with Crippen molar-refractivity contribution in [2.75, 3.05) is 20.7 Å². The smallest absolute Gasteiger partial charge is 0.310 e. The zero-order chi connectivity index (χ0) is 15.8. The topological polar surface area (TPSA) is 46.6 Å². The van der Waals surface area contributed by atoms with Gasteiger partial charge < -0.3 is 9.64 Å². The van der Waals surface area contributed by atoms with Crippen LogP contribution in [-0.4, -0.2) is 37.5 Å². The van der Waals surface area contributed by atoms with Crippen LogP contribution in [0.25, 0.3) is 6.08 Å². The lowest BCUT2D eigenvalue weighted by Crippen LogP contribution is -2.33.